The summed E-state index contributed by atoms with van der Waals surface area (Å²) in [6.45, 7) is 1.76. The predicted octanol–water partition coefficient (Wildman–Crippen LogP) is 1.93. The van der Waals surface area contributed by atoms with Gasteiger partial charge in [0.25, 0.3) is 0 Å². The number of carbonyl (C=O) groups is 1. The van der Waals surface area contributed by atoms with Crippen molar-refractivity contribution in [3.05, 3.63) is 29.8 Å². The van der Waals surface area contributed by atoms with E-state index >= 15 is 0 Å². The van der Waals surface area contributed by atoms with Gasteiger partial charge in [0.05, 0.1) is 0 Å². The van der Waals surface area contributed by atoms with E-state index in [1.165, 1.54) is 12.8 Å². The number of phenols is 1. The second-order valence-corrected chi connectivity index (χ2v) is 5.60. The van der Waals surface area contributed by atoms with Gasteiger partial charge in [0.15, 0.2) is 0 Å². The van der Waals surface area contributed by atoms with Gasteiger partial charge in [0.1, 0.15) is 5.75 Å². The van der Waals surface area contributed by atoms with E-state index < -0.39 is 0 Å². The van der Waals surface area contributed by atoms with Crippen molar-refractivity contribution >= 4 is 5.91 Å². The molecule has 1 fully saturated rings. The summed E-state index contributed by atoms with van der Waals surface area (Å²) in [6.07, 6.45) is 5.01. The Labute approximate surface area is 120 Å². The summed E-state index contributed by atoms with van der Waals surface area (Å²) in [4.78, 5) is 14.2. The number of amides is 1. The zero-order chi connectivity index (χ0) is 14.4. The Morgan fingerprint density at radius 2 is 2.10 bits per heavy atom. The number of hydrogen-bond donors (Lipinski definition) is 2. The van der Waals surface area contributed by atoms with Crippen LogP contribution in [0.1, 0.15) is 31.2 Å². The number of rotatable bonds is 5. The number of nitrogens with one attached hydrogen (secondary N) is 1. The molecule has 1 aromatic carbocycles. The molecule has 0 saturated carbocycles. The van der Waals surface area contributed by atoms with Crippen LogP contribution in [0.15, 0.2) is 24.3 Å². The average molecular weight is 276 g/mol. The van der Waals surface area contributed by atoms with Gasteiger partial charge in [-0.15, -0.1) is 0 Å². The normalized spacial score (nSPS) is 19.8. The van der Waals surface area contributed by atoms with Crippen LogP contribution in [-0.2, 0) is 11.2 Å². The molecule has 0 radical (unpaired) electrons. The first-order valence-electron chi connectivity index (χ1n) is 7.40. The highest BCUT2D eigenvalue weighted by atomic mass is 16.3. The average Bonchev–Trinajstić information content (AvgIpc) is 2.44. The molecule has 110 valence electrons. The molecular weight excluding hydrogens is 252 g/mol. The maximum atomic E-state index is 11.9. The molecule has 0 aliphatic carbocycles. The molecule has 20 heavy (non-hydrogen) atoms. The minimum absolute atomic E-state index is 0.141. The second kappa shape index (κ2) is 7.29. The molecule has 4 nitrogen and oxygen atoms in total. The van der Waals surface area contributed by atoms with E-state index in [0.717, 1.165) is 24.9 Å². The summed E-state index contributed by atoms with van der Waals surface area (Å²) in [7, 11) is 2.10. The number of carbonyl (C=O) groups excluding carboxylic acids is 1. The van der Waals surface area contributed by atoms with Gasteiger partial charge in [-0.05, 0) is 50.6 Å². The van der Waals surface area contributed by atoms with Crippen LogP contribution in [-0.4, -0.2) is 42.1 Å². The number of likely N-dealkylation sites (tertiary alicyclic amines) is 1. The molecule has 0 bridgehead atoms. The third kappa shape index (κ3) is 4.53. The minimum Gasteiger partial charge on any atom is -0.508 e. The Bertz CT molecular complexity index is 431. The van der Waals surface area contributed by atoms with Crippen LogP contribution < -0.4 is 5.32 Å². The third-order valence-corrected chi connectivity index (χ3v) is 4.01. The Morgan fingerprint density at radius 3 is 2.80 bits per heavy atom. The molecule has 1 aliphatic rings. The third-order valence-electron chi connectivity index (χ3n) is 4.01. The molecule has 1 atom stereocenters. The van der Waals surface area contributed by atoms with Gasteiger partial charge in [-0.25, -0.2) is 0 Å². The quantitative estimate of drug-likeness (QED) is 0.864. The van der Waals surface area contributed by atoms with Gasteiger partial charge >= 0.3 is 0 Å². The van der Waals surface area contributed by atoms with Gasteiger partial charge in [-0.2, -0.15) is 0 Å². The van der Waals surface area contributed by atoms with Crippen molar-refractivity contribution in [3.8, 4) is 5.75 Å². The minimum atomic E-state index is 0.141. The second-order valence-electron chi connectivity index (χ2n) is 5.60. The lowest BCUT2D eigenvalue weighted by molar-refractivity contribution is -0.122. The predicted molar refractivity (Wildman–Crippen MR) is 79.7 cm³/mol. The van der Waals surface area contributed by atoms with Crippen molar-refractivity contribution in [1.29, 1.82) is 0 Å². The van der Waals surface area contributed by atoms with Gasteiger partial charge in [0, 0.05) is 19.0 Å². The molecule has 1 amide bonds. The standard InChI is InChI=1S/C16H24N2O2/c1-18-11-3-2-4-14(18)12-16(20)17-10-9-13-5-7-15(19)8-6-13/h5-8,14,19H,2-4,9-12H2,1H3,(H,17,20). The fourth-order valence-corrected chi connectivity index (χ4v) is 2.70. The number of piperidine rings is 1. The SMILES string of the molecule is CN1CCCCC1CC(=O)NCCc1ccc(O)cc1. The summed E-state index contributed by atoms with van der Waals surface area (Å²) in [5.74, 6) is 0.417. The van der Waals surface area contributed by atoms with Crippen molar-refractivity contribution in [2.45, 2.75) is 38.1 Å². The van der Waals surface area contributed by atoms with E-state index in [1.54, 1.807) is 12.1 Å². The lowest BCUT2D eigenvalue weighted by atomic mass is 10.00. The topological polar surface area (TPSA) is 52.6 Å². The Hall–Kier alpha value is -1.55. The molecule has 1 aliphatic heterocycles. The first kappa shape index (κ1) is 14.9. The van der Waals surface area contributed by atoms with Crippen molar-refractivity contribution in [2.24, 2.45) is 0 Å². The molecule has 0 aromatic heterocycles. The van der Waals surface area contributed by atoms with Gasteiger partial charge in [-0.3, -0.25) is 4.79 Å². The summed E-state index contributed by atoms with van der Waals surface area (Å²) in [6, 6.07) is 7.52. The van der Waals surface area contributed by atoms with E-state index in [0.29, 0.717) is 19.0 Å². The molecular formula is C16H24N2O2. The molecule has 2 rings (SSSR count). The smallest absolute Gasteiger partial charge is 0.221 e. The number of nitrogens with zero attached hydrogens (tertiary/aromatic N) is 1. The Kier molecular flexibility index (Phi) is 5.41. The van der Waals surface area contributed by atoms with Crippen LogP contribution >= 0.6 is 0 Å². The number of phenolic OH excluding ortho intramolecular Hbond substituents is 1. The highest BCUT2D eigenvalue weighted by Crippen LogP contribution is 2.17. The number of aromatic hydroxyl groups is 1. The van der Waals surface area contributed by atoms with Crippen LogP contribution in [0.4, 0.5) is 0 Å². The Morgan fingerprint density at radius 1 is 1.35 bits per heavy atom. The van der Waals surface area contributed by atoms with Crippen LogP contribution in [0.25, 0.3) is 0 Å². The van der Waals surface area contributed by atoms with Gasteiger partial charge < -0.3 is 15.3 Å². The molecule has 1 heterocycles. The zero-order valence-corrected chi connectivity index (χ0v) is 12.1. The van der Waals surface area contributed by atoms with E-state index in [4.69, 9.17) is 0 Å². The summed E-state index contributed by atoms with van der Waals surface area (Å²) < 4.78 is 0. The first-order valence-corrected chi connectivity index (χ1v) is 7.40. The van der Waals surface area contributed by atoms with E-state index in [1.807, 2.05) is 12.1 Å². The van der Waals surface area contributed by atoms with Crippen molar-refractivity contribution in [2.75, 3.05) is 20.1 Å². The lowest BCUT2D eigenvalue weighted by Gasteiger charge is -2.31. The molecule has 1 unspecified atom stereocenters. The molecule has 4 heteroatoms. The number of hydrogen-bond acceptors (Lipinski definition) is 3. The lowest BCUT2D eigenvalue weighted by Crippen LogP contribution is -2.40. The van der Waals surface area contributed by atoms with Crippen molar-refractivity contribution in [3.63, 3.8) is 0 Å². The van der Waals surface area contributed by atoms with Gasteiger partial charge in [-0.1, -0.05) is 18.6 Å². The van der Waals surface area contributed by atoms with Crippen LogP contribution in [0.2, 0.25) is 0 Å². The molecule has 2 N–H and O–H groups in total. The highest BCUT2D eigenvalue weighted by Gasteiger charge is 2.21. The van der Waals surface area contributed by atoms with E-state index in [9.17, 15) is 9.90 Å². The maximum absolute atomic E-state index is 11.9. The zero-order valence-electron chi connectivity index (χ0n) is 12.1. The monoisotopic (exact) mass is 276 g/mol. The fourth-order valence-electron chi connectivity index (χ4n) is 2.70. The van der Waals surface area contributed by atoms with E-state index in [2.05, 4.69) is 17.3 Å². The highest BCUT2D eigenvalue weighted by molar-refractivity contribution is 5.76. The van der Waals surface area contributed by atoms with Crippen molar-refractivity contribution < 1.29 is 9.90 Å². The maximum Gasteiger partial charge on any atom is 0.221 e. The van der Waals surface area contributed by atoms with Gasteiger partial charge in [0.2, 0.25) is 5.91 Å². The largest absolute Gasteiger partial charge is 0.508 e. The van der Waals surface area contributed by atoms with E-state index in [-0.39, 0.29) is 11.7 Å². The summed E-state index contributed by atoms with van der Waals surface area (Å²) in [5, 5.41) is 12.2. The van der Waals surface area contributed by atoms with Crippen molar-refractivity contribution in [1.82, 2.24) is 10.2 Å². The van der Waals surface area contributed by atoms with Crippen LogP contribution in [0.5, 0.6) is 5.75 Å². The van der Waals surface area contributed by atoms with Crippen LogP contribution in [0, 0.1) is 0 Å². The summed E-state index contributed by atoms with van der Waals surface area (Å²) >= 11 is 0. The molecule has 0 spiro atoms. The summed E-state index contributed by atoms with van der Waals surface area (Å²) in [5.41, 5.74) is 1.12. The number of benzene rings is 1. The fraction of sp³-hybridized carbons (Fsp3) is 0.562. The molecule has 1 aromatic rings. The molecule has 1 saturated heterocycles. The van der Waals surface area contributed by atoms with Crippen LogP contribution in [0.3, 0.4) is 0 Å². The Balaban J connectivity index is 1.68. The first-order chi connectivity index (χ1) is 9.65.